The highest BCUT2D eigenvalue weighted by Gasteiger charge is 2.13. The maximum Gasteiger partial charge on any atom is 0.291 e. The van der Waals surface area contributed by atoms with Gasteiger partial charge in [-0.2, -0.15) is 0 Å². The van der Waals surface area contributed by atoms with E-state index in [2.05, 4.69) is 58.3 Å². The molecule has 2 aromatic carbocycles. The highest BCUT2D eigenvalue weighted by atomic mass is 79.9. The summed E-state index contributed by atoms with van der Waals surface area (Å²) in [5.41, 5.74) is 5.70. The lowest BCUT2D eigenvalue weighted by molar-refractivity contribution is 0.0995. The van der Waals surface area contributed by atoms with Crippen molar-refractivity contribution in [3.05, 3.63) is 82.4 Å². The third-order valence-electron chi connectivity index (χ3n) is 4.35. The highest BCUT2D eigenvalue weighted by Crippen LogP contribution is 2.28. The first-order valence-corrected chi connectivity index (χ1v) is 9.49. The minimum atomic E-state index is -0.313. The van der Waals surface area contributed by atoms with Crippen LogP contribution in [0.1, 0.15) is 21.7 Å². The second kappa shape index (κ2) is 7.48. The number of halogens is 1. The van der Waals surface area contributed by atoms with Crippen LogP contribution in [0.3, 0.4) is 0 Å². The van der Waals surface area contributed by atoms with Crippen molar-refractivity contribution in [2.24, 2.45) is 0 Å². The van der Waals surface area contributed by atoms with Gasteiger partial charge in [-0.15, -0.1) is 0 Å². The SMILES string of the molecule is Cc1ccc(-c2coc(-c3ccc(NC(=O)c4ccc(Br)o4)cc3)n2)c(C)c1. The Morgan fingerprint density at radius 2 is 1.82 bits per heavy atom. The molecule has 2 heterocycles. The Morgan fingerprint density at radius 1 is 1.04 bits per heavy atom. The zero-order chi connectivity index (χ0) is 19.7. The van der Waals surface area contributed by atoms with Gasteiger partial charge in [-0.3, -0.25) is 4.79 Å². The molecule has 0 atom stereocenters. The number of oxazole rings is 1. The number of aryl methyl sites for hydroxylation is 2. The monoisotopic (exact) mass is 436 g/mol. The smallest absolute Gasteiger partial charge is 0.291 e. The molecular formula is C22H17BrN2O3. The molecule has 0 radical (unpaired) electrons. The molecule has 5 nitrogen and oxygen atoms in total. The van der Waals surface area contributed by atoms with Crippen molar-refractivity contribution >= 4 is 27.5 Å². The molecule has 0 aliphatic heterocycles. The molecule has 0 fully saturated rings. The zero-order valence-corrected chi connectivity index (χ0v) is 16.9. The van der Waals surface area contributed by atoms with Crippen molar-refractivity contribution in [3.8, 4) is 22.7 Å². The van der Waals surface area contributed by atoms with Gasteiger partial charge in [-0.05, 0) is 71.7 Å². The summed E-state index contributed by atoms with van der Waals surface area (Å²) in [6, 6.07) is 16.8. The van der Waals surface area contributed by atoms with E-state index < -0.39 is 0 Å². The van der Waals surface area contributed by atoms with Gasteiger partial charge in [0.05, 0.1) is 0 Å². The summed E-state index contributed by atoms with van der Waals surface area (Å²) < 4.78 is 11.4. The summed E-state index contributed by atoms with van der Waals surface area (Å²) >= 11 is 3.18. The van der Waals surface area contributed by atoms with Crippen LogP contribution in [-0.2, 0) is 0 Å². The van der Waals surface area contributed by atoms with Gasteiger partial charge < -0.3 is 14.2 Å². The van der Waals surface area contributed by atoms with Gasteiger partial charge in [0.2, 0.25) is 5.89 Å². The molecule has 1 amide bonds. The average molecular weight is 437 g/mol. The molecule has 4 rings (SSSR count). The van der Waals surface area contributed by atoms with Crippen molar-refractivity contribution in [1.82, 2.24) is 4.98 Å². The van der Waals surface area contributed by atoms with Gasteiger partial charge in [-0.1, -0.05) is 23.8 Å². The molecule has 1 N–H and O–H groups in total. The third-order valence-corrected chi connectivity index (χ3v) is 4.77. The van der Waals surface area contributed by atoms with Crippen molar-refractivity contribution in [3.63, 3.8) is 0 Å². The van der Waals surface area contributed by atoms with E-state index >= 15 is 0 Å². The molecule has 0 saturated carbocycles. The number of aromatic nitrogens is 1. The number of anilines is 1. The van der Waals surface area contributed by atoms with E-state index in [9.17, 15) is 4.79 Å². The van der Waals surface area contributed by atoms with E-state index in [-0.39, 0.29) is 11.7 Å². The molecule has 0 aliphatic carbocycles. The predicted molar refractivity (Wildman–Crippen MR) is 111 cm³/mol. The van der Waals surface area contributed by atoms with Crippen LogP contribution in [0.2, 0.25) is 0 Å². The highest BCUT2D eigenvalue weighted by molar-refractivity contribution is 9.10. The van der Waals surface area contributed by atoms with Crippen LogP contribution < -0.4 is 5.32 Å². The number of nitrogens with zero attached hydrogens (tertiary/aromatic N) is 1. The van der Waals surface area contributed by atoms with Gasteiger partial charge in [0.25, 0.3) is 5.91 Å². The quantitative estimate of drug-likeness (QED) is 0.411. The Balaban J connectivity index is 1.51. The average Bonchev–Trinajstić information content (AvgIpc) is 3.32. The van der Waals surface area contributed by atoms with Crippen LogP contribution in [-0.4, -0.2) is 10.9 Å². The minimum absolute atomic E-state index is 0.238. The summed E-state index contributed by atoms with van der Waals surface area (Å²) in [5, 5.41) is 2.79. The molecule has 0 aliphatic rings. The van der Waals surface area contributed by atoms with Crippen molar-refractivity contribution in [2.45, 2.75) is 13.8 Å². The number of hydrogen-bond acceptors (Lipinski definition) is 4. The molecule has 6 heteroatoms. The van der Waals surface area contributed by atoms with Gasteiger partial charge in [0.1, 0.15) is 12.0 Å². The number of furan rings is 1. The first kappa shape index (κ1) is 18.3. The van der Waals surface area contributed by atoms with Crippen molar-refractivity contribution in [1.29, 1.82) is 0 Å². The Morgan fingerprint density at radius 3 is 2.50 bits per heavy atom. The number of nitrogens with one attached hydrogen (secondary N) is 1. The summed E-state index contributed by atoms with van der Waals surface area (Å²) in [4.78, 5) is 16.7. The molecule has 4 aromatic rings. The number of hydrogen-bond donors (Lipinski definition) is 1. The number of carbonyl (C=O) groups excluding carboxylic acids is 1. The molecule has 140 valence electrons. The summed E-state index contributed by atoms with van der Waals surface area (Å²) in [6.45, 7) is 4.13. The largest absolute Gasteiger partial charge is 0.444 e. The second-order valence-electron chi connectivity index (χ2n) is 6.49. The maximum atomic E-state index is 12.1. The minimum Gasteiger partial charge on any atom is -0.444 e. The second-order valence-corrected chi connectivity index (χ2v) is 7.27. The molecule has 0 bridgehead atoms. The van der Waals surface area contributed by atoms with Gasteiger partial charge in [0, 0.05) is 16.8 Å². The Bertz CT molecular complexity index is 1140. The van der Waals surface area contributed by atoms with Crippen molar-refractivity contribution < 1.29 is 13.6 Å². The number of carbonyl (C=O) groups is 1. The van der Waals surface area contributed by atoms with E-state index in [0.29, 0.717) is 16.2 Å². The Labute approximate surface area is 170 Å². The fourth-order valence-electron chi connectivity index (χ4n) is 2.96. The van der Waals surface area contributed by atoms with Crippen LogP contribution in [0.5, 0.6) is 0 Å². The zero-order valence-electron chi connectivity index (χ0n) is 15.3. The molecule has 28 heavy (non-hydrogen) atoms. The number of benzene rings is 2. The van der Waals surface area contributed by atoms with E-state index in [1.807, 2.05) is 12.1 Å². The van der Waals surface area contributed by atoms with E-state index in [4.69, 9.17) is 8.83 Å². The molecule has 0 saturated heterocycles. The summed E-state index contributed by atoms with van der Waals surface area (Å²) in [7, 11) is 0. The standard InChI is InChI=1S/C22H17BrN2O3/c1-13-3-8-17(14(2)11-13)18-12-27-22(25-18)15-4-6-16(7-5-15)24-21(26)19-9-10-20(23)28-19/h3-12H,1-2H3,(H,24,26). The normalized spacial score (nSPS) is 10.8. The molecule has 2 aromatic heterocycles. The topological polar surface area (TPSA) is 68.3 Å². The van der Waals surface area contributed by atoms with E-state index in [1.165, 1.54) is 5.56 Å². The maximum absolute atomic E-state index is 12.1. The van der Waals surface area contributed by atoms with E-state index in [0.717, 1.165) is 22.4 Å². The lowest BCUT2D eigenvalue weighted by atomic mass is 10.0. The predicted octanol–water partition coefficient (Wildman–Crippen LogP) is 6.23. The van der Waals surface area contributed by atoms with Gasteiger partial charge >= 0.3 is 0 Å². The Hall–Kier alpha value is -3.12. The van der Waals surface area contributed by atoms with Crippen LogP contribution >= 0.6 is 15.9 Å². The van der Waals surface area contributed by atoms with Crippen LogP contribution in [0, 0.1) is 13.8 Å². The Kier molecular flexibility index (Phi) is 4.88. The molecule has 0 spiro atoms. The van der Waals surface area contributed by atoms with Gasteiger partial charge in [-0.25, -0.2) is 4.98 Å². The van der Waals surface area contributed by atoms with Crippen LogP contribution in [0.15, 0.2) is 74.4 Å². The fraction of sp³-hybridized carbons (Fsp3) is 0.0909. The molecular weight excluding hydrogens is 420 g/mol. The fourth-order valence-corrected chi connectivity index (χ4v) is 3.26. The molecule has 0 unspecified atom stereocenters. The lowest BCUT2D eigenvalue weighted by Gasteiger charge is -2.04. The summed E-state index contributed by atoms with van der Waals surface area (Å²) in [6.07, 6.45) is 1.66. The first-order chi connectivity index (χ1) is 13.5. The van der Waals surface area contributed by atoms with Crippen molar-refractivity contribution in [2.75, 3.05) is 5.32 Å². The first-order valence-electron chi connectivity index (χ1n) is 8.70. The van der Waals surface area contributed by atoms with Gasteiger partial charge in [0.15, 0.2) is 10.4 Å². The lowest BCUT2D eigenvalue weighted by Crippen LogP contribution is -2.10. The van der Waals surface area contributed by atoms with Crippen LogP contribution in [0.25, 0.3) is 22.7 Å². The van der Waals surface area contributed by atoms with Crippen LogP contribution in [0.4, 0.5) is 5.69 Å². The summed E-state index contributed by atoms with van der Waals surface area (Å²) in [5.74, 6) is 0.455. The number of rotatable bonds is 4. The number of amides is 1. The third kappa shape index (κ3) is 3.77. The van der Waals surface area contributed by atoms with E-state index in [1.54, 1.807) is 30.5 Å².